The maximum Gasteiger partial charge on any atom is 0.0985 e. The van der Waals surface area contributed by atoms with Crippen LogP contribution in [0.25, 0.3) is 247 Å². The van der Waals surface area contributed by atoms with Crippen LogP contribution in [0.3, 0.4) is 0 Å². The third-order valence-corrected chi connectivity index (χ3v) is 25.0. The monoisotopic (exact) mass is 1620 g/mol. The van der Waals surface area contributed by atoms with Crippen LogP contribution in [0, 0.1) is 0 Å². The van der Waals surface area contributed by atoms with Crippen molar-refractivity contribution in [1.82, 2.24) is 68.5 Å². The molecule has 27 rings (SSSR count). The first-order chi connectivity index (χ1) is 63.0. The lowest BCUT2D eigenvalue weighted by molar-refractivity contribution is 1.20. The predicted molar refractivity (Wildman–Crippen MR) is 520 cm³/mol. The number of rotatable bonds is 8. The van der Waals surface area contributed by atoms with E-state index in [1.54, 1.807) is 12.4 Å². The number of aromatic nitrogens is 14. The van der Waals surface area contributed by atoms with Gasteiger partial charge in [-0.3, -0.25) is 49.8 Å². The van der Waals surface area contributed by atoms with Gasteiger partial charge in [-0.2, -0.15) is 0 Å². The van der Waals surface area contributed by atoms with Gasteiger partial charge in [0.2, 0.25) is 0 Å². The van der Waals surface area contributed by atoms with Crippen molar-refractivity contribution in [3.63, 3.8) is 0 Å². The van der Waals surface area contributed by atoms with Crippen LogP contribution < -0.4 is 0 Å². The van der Waals surface area contributed by atoms with Crippen molar-refractivity contribution in [3.8, 4) is 73.2 Å². The number of para-hydroxylation sites is 1. The average Bonchev–Trinajstić information content (AvgIpc) is 1.57. The minimum absolute atomic E-state index is 0.860. The second-order valence-electron chi connectivity index (χ2n) is 32.1. The van der Waals surface area contributed by atoms with Gasteiger partial charge < -0.3 is 13.7 Å². The lowest BCUT2D eigenvalue weighted by Gasteiger charge is -2.13. The molecule has 0 aliphatic heterocycles. The van der Waals surface area contributed by atoms with Crippen molar-refractivity contribution in [2.75, 3.05) is 0 Å². The molecule has 0 saturated heterocycles. The van der Waals surface area contributed by atoms with Gasteiger partial charge in [-0.15, -0.1) is 0 Å². The van der Waals surface area contributed by atoms with Gasteiger partial charge in [-0.1, -0.05) is 176 Å². The summed E-state index contributed by atoms with van der Waals surface area (Å²) in [5.41, 5.74) is 26.7. The molecular formula is C113H68N14. The number of benzene rings is 13. The number of hydrogen-bond donors (Lipinski definition) is 0. The van der Waals surface area contributed by atoms with Crippen molar-refractivity contribution in [2.24, 2.45) is 0 Å². The molecule has 0 radical (unpaired) electrons. The van der Waals surface area contributed by atoms with Crippen LogP contribution in [0.4, 0.5) is 0 Å². The molecule has 0 aliphatic rings. The van der Waals surface area contributed by atoms with Gasteiger partial charge in [0, 0.05) is 166 Å². The highest BCUT2D eigenvalue weighted by Gasteiger charge is 2.25. The fourth-order valence-electron chi connectivity index (χ4n) is 19.2. The molecule has 0 fully saturated rings. The van der Waals surface area contributed by atoms with Crippen LogP contribution >= 0.6 is 0 Å². The lowest BCUT2D eigenvalue weighted by Crippen LogP contribution is -1.97. The zero-order valence-corrected chi connectivity index (χ0v) is 68.0. The highest BCUT2D eigenvalue weighted by Crippen LogP contribution is 2.46. The zero-order chi connectivity index (χ0) is 83.6. The van der Waals surface area contributed by atoms with Gasteiger partial charge in [0.05, 0.1) is 112 Å². The maximum absolute atomic E-state index is 5.01. The van der Waals surface area contributed by atoms with Gasteiger partial charge in [0.1, 0.15) is 0 Å². The molecule has 127 heavy (non-hydrogen) atoms. The van der Waals surface area contributed by atoms with E-state index < -0.39 is 0 Å². The Kier molecular flexibility index (Phi) is 16.9. The third-order valence-electron chi connectivity index (χ3n) is 25.0. The van der Waals surface area contributed by atoms with Crippen LogP contribution in [0.1, 0.15) is 0 Å². The van der Waals surface area contributed by atoms with Crippen LogP contribution in [0.15, 0.2) is 414 Å². The van der Waals surface area contributed by atoms with Crippen molar-refractivity contribution in [1.29, 1.82) is 0 Å². The van der Waals surface area contributed by atoms with Crippen LogP contribution in [-0.2, 0) is 0 Å². The van der Waals surface area contributed by atoms with E-state index in [2.05, 4.69) is 312 Å². The molecule has 27 aromatic rings. The minimum Gasteiger partial charge on any atom is -0.309 e. The molecule has 13 aromatic carbocycles. The highest BCUT2D eigenvalue weighted by molar-refractivity contribution is 6.26. The summed E-state index contributed by atoms with van der Waals surface area (Å²) in [6.07, 6.45) is 20.4. The lowest BCUT2D eigenvalue weighted by atomic mass is 10.0. The summed E-state index contributed by atoms with van der Waals surface area (Å²) in [5.74, 6) is 0. The fraction of sp³-hybridized carbons (Fsp3) is 0. The third kappa shape index (κ3) is 12.1. The Morgan fingerprint density at radius 2 is 0.512 bits per heavy atom. The van der Waals surface area contributed by atoms with E-state index in [9.17, 15) is 0 Å². The zero-order valence-electron chi connectivity index (χ0n) is 68.0. The molecule has 0 amide bonds. The standard InChI is InChI=1S/2C38H23N5.C37H22N4/c1-2-9-29-24(6-1)12-16-34-36(29)31-20-25(32-14-11-28(23-42-32)27-8-3-17-39-22-27)13-15-33(31)43(34)35-21-26-7-4-18-40-37(26)38-30(35)10-5-19-41-38;1-2-9-28-24(7-1)13-17-34-36(28)30-21-25(27-12-15-32(42-23-27)31-11-3-4-18-39-31)14-16-33(30)43(34)35-22-26-8-5-19-40-37(26)38-29(35)10-6-20-41-38;1-3-10-27-23(7-1)14-18-33-35(27)29-21-25(31-16-13-24-8-2-4-12-30(24)40-31)15-17-32(29)41(33)34-22-26-9-5-19-38-36(26)37-28(34)11-6-20-39-37/h2*1-23H;1-22H. The van der Waals surface area contributed by atoms with E-state index in [-0.39, 0.29) is 0 Å². The van der Waals surface area contributed by atoms with Gasteiger partial charge >= 0.3 is 0 Å². The topological polar surface area (TPSA) is 157 Å². The van der Waals surface area contributed by atoms with Crippen LogP contribution in [-0.4, -0.2) is 68.5 Å². The number of pyridine rings is 11. The molecule has 14 heteroatoms. The Morgan fingerprint density at radius 1 is 0.173 bits per heavy atom. The van der Waals surface area contributed by atoms with E-state index >= 15 is 0 Å². The number of fused-ring (bicyclic) bond motifs is 25. The molecule has 590 valence electrons. The molecule has 0 N–H and O–H groups in total. The molecule has 0 spiro atoms. The molecule has 14 heterocycles. The Hall–Kier alpha value is -17.5. The van der Waals surface area contributed by atoms with Gasteiger partial charge in [-0.05, 0) is 208 Å². The smallest absolute Gasteiger partial charge is 0.0985 e. The first kappa shape index (κ1) is 72.3. The van der Waals surface area contributed by atoms with Crippen molar-refractivity contribution in [3.05, 3.63) is 414 Å². The van der Waals surface area contributed by atoms with Gasteiger partial charge in [0.25, 0.3) is 0 Å². The van der Waals surface area contributed by atoms with Gasteiger partial charge in [0.15, 0.2) is 0 Å². The first-order valence-electron chi connectivity index (χ1n) is 42.4. The van der Waals surface area contributed by atoms with E-state index in [1.165, 1.54) is 64.6 Å². The average molecular weight is 1620 g/mol. The predicted octanol–water partition coefficient (Wildman–Crippen LogP) is 27.6. The molecule has 14 aromatic heterocycles. The summed E-state index contributed by atoms with van der Waals surface area (Å²) < 4.78 is 7.17. The molecule has 0 aliphatic carbocycles. The molecule has 0 atom stereocenters. The van der Waals surface area contributed by atoms with E-state index in [0.29, 0.717) is 0 Å². The van der Waals surface area contributed by atoms with E-state index in [0.717, 1.165) is 183 Å². The van der Waals surface area contributed by atoms with E-state index in [1.807, 2.05) is 129 Å². The Bertz CT molecular complexity index is 8810. The Morgan fingerprint density at radius 3 is 0.969 bits per heavy atom. The summed E-state index contributed by atoms with van der Waals surface area (Å²) in [7, 11) is 0. The van der Waals surface area contributed by atoms with Crippen LogP contribution in [0.2, 0.25) is 0 Å². The largest absolute Gasteiger partial charge is 0.309 e. The van der Waals surface area contributed by atoms with Crippen molar-refractivity contribution >= 4 is 174 Å². The molecular weight excluding hydrogens is 1550 g/mol. The summed E-state index contributed by atoms with van der Waals surface area (Å²) >= 11 is 0. The quantitative estimate of drug-likeness (QED) is 0.133. The first-order valence-corrected chi connectivity index (χ1v) is 42.4. The highest BCUT2D eigenvalue weighted by atomic mass is 15.0. The molecule has 0 saturated carbocycles. The number of nitrogens with zero attached hydrogens (tertiary/aromatic N) is 14. The molecule has 0 bridgehead atoms. The summed E-state index contributed by atoms with van der Waals surface area (Å²) in [6.45, 7) is 0. The maximum atomic E-state index is 5.01. The van der Waals surface area contributed by atoms with Crippen molar-refractivity contribution < 1.29 is 0 Å². The van der Waals surface area contributed by atoms with Crippen molar-refractivity contribution in [2.45, 2.75) is 0 Å². The second kappa shape index (κ2) is 29.7. The Balaban J connectivity index is 0.000000104. The SMILES string of the molecule is c1ccc(-c2ccc(-c3ccc4c(c3)c3c5ccccc5ccc3n4-c3cc4cccnc4c4ncccc34)cn2)nc1.c1ccc2nc(-c3ccc4c(c3)c3c5ccccc5ccc3n4-c3cc4cccnc4c4ncccc34)ccc2c1.c1cncc(-c2ccc(-c3ccc4c(c3)c3c5ccccc5ccc3n4-c3cc4cccnc4c4ncccc34)nc2)c1. The fourth-order valence-corrected chi connectivity index (χ4v) is 19.2. The summed E-state index contributed by atoms with van der Waals surface area (Å²) in [4.78, 5) is 51.8. The molecule has 14 nitrogen and oxygen atoms in total. The second-order valence-corrected chi connectivity index (χ2v) is 32.1. The normalized spacial score (nSPS) is 11.8. The summed E-state index contributed by atoms with van der Waals surface area (Å²) in [6, 6.07) is 122. The summed E-state index contributed by atoms with van der Waals surface area (Å²) in [5, 5.41) is 22.2. The number of hydrogen-bond acceptors (Lipinski definition) is 11. The minimum atomic E-state index is 0.860. The Labute approximate surface area is 725 Å². The molecule has 0 unspecified atom stereocenters. The van der Waals surface area contributed by atoms with Crippen LogP contribution in [0.5, 0.6) is 0 Å². The van der Waals surface area contributed by atoms with E-state index in [4.69, 9.17) is 29.9 Å². The van der Waals surface area contributed by atoms with Gasteiger partial charge in [-0.25, -0.2) is 4.98 Å².